The predicted molar refractivity (Wildman–Crippen MR) is 88.8 cm³/mol. The van der Waals surface area contributed by atoms with Gasteiger partial charge in [0.1, 0.15) is 11.6 Å². The zero-order valence-corrected chi connectivity index (χ0v) is 14.3. The molecular weight excluding hydrogens is 274 g/mol. The van der Waals surface area contributed by atoms with Gasteiger partial charge in [-0.25, -0.2) is 4.98 Å². The highest BCUT2D eigenvalue weighted by Gasteiger charge is 2.57. The van der Waals surface area contributed by atoms with Gasteiger partial charge in [0.2, 0.25) is 0 Å². The Kier molecular flexibility index (Phi) is 3.76. The smallest absolute Gasteiger partial charge is 0.150 e. The molecule has 4 atom stereocenters. The van der Waals surface area contributed by atoms with Crippen LogP contribution in [0.15, 0.2) is 18.3 Å². The van der Waals surface area contributed by atoms with E-state index in [1.54, 1.807) is 0 Å². The highest BCUT2D eigenvalue weighted by Crippen LogP contribution is 2.54. The molecule has 1 aromatic heterocycles. The van der Waals surface area contributed by atoms with E-state index in [0.29, 0.717) is 24.0 Å². The molecule has 1 fully saturated rings. The lowest BCUT2D eigenvalue weighted by molar-refractivity contribution is -0.125. The van der Waals surface area contributed by atoms with Crippen LogP contribution in [0.5, 0.6) is 0 Å². The van der Waals surface area contributed by atoms with Gasteiger partial charge in [-0.15, -0.1) is 0 Å². The first-order chi connectivity index (χ1) is 10.4. The molecule has 0 aromatic carbocycles. The molecule has 2 aliphatic rings. The summed E-state index contributed by atoms with van der Waals surface area (Å²) in [5, 5.41) is 3.57. The third-order valence-corrected chi connectivity index (χ3v) is 5.31. The normalized spacial score (nSPS) is 30.8. The van der Waals surface area contributed by atoms with Crippen LogP contribution in [0.2, 0.25) is 0 Å². The van der Waals surface area contributed by atoms with Crippen molar-refractivity contribution in [3.05, 3.63) is 23.9 Å². The van der Waals surface area contributed by atoms with Gasteiger partial charge in [-0.2, -0.15) is 0 Å². The van der Waals surface area contributed by atoms with E-state index in [9.17, 15) is 4.79 Å². The Morgan fingerprint density at radius 1 is 1.36 bits per heavy atom. The van der Waals surface area contributed by atoms with Crippen LogP contribution in [0.1, 0.15) is 52.5 Å². The number of likely N-dealkylation sites (tertiary alicyclic amines) is 1. The SMILES string of the molecule is CCC(=O)C1C(C(C)(C)C)C2c3cccnc3NC2N1CC. The molecule has 3 rings (SSSR count). The van der Waals surface area contributed by atoms with Gasteiger partial charge in [0.15, 0.2) is 0 Å². The van der Waals surface area contributed by atoms with E-state index in [0.717, 1.165) is 12.4 Å². The quantitative estimate of drug-likeness (QED) is 0.931. The fourth-order valence-corrected chi connectivity index (χ4v) is 4.46. The number of fused-ring (bicyclic) bond motifs is 3. The molecule has 0 aliphatic carbocycles. The third-order valence-electron chi connectivity index (χ3n) is 5.31. The summed E-state index contributed by atoms with van der Waals surface area (Å²) in [4.78, 5) is 19.5. The van der Waals surface area contributed by atoms with Crippen LogP contribution in [-0.4, -0.2) is 34.4 Å². The molecule has 4 heteroatoms. The molecule has 1 N–H and O–H groups in total. The maximum atomic E-state index is 12.7. The number of hydrogen-bond donors (Lipinski definition) is 1. The minimum atomic E-state index is 0.00542. The second-order valence-electron chi connectivity index (χ2n) is 7.54. The second-order valence-corrected chi connectivity index (χ2v) is 7.54. The zero-order chi connectivity index (χ0) is 16.1. The first-order valence-electron chi connectivity index (χ1n) is 8.40. The number of rotatable bonds is 3. The van der Waals surface area contributed by atoms with Crippen LogP contribution < -0.4 is 5.32 Å². The van der Waals surface area contributed by atoms with Crippen molar-refractivity contribution in [1.82, 2.24) is 9.88 Å². The van der Waals surface area contributed by atoms with Crippen molar-refractivity contribution in [2.75, 3.05) is 11.9 Å². The molecule has 22 heavy (non-hydrogen) atoms. The summed E-state index contributed by atoms with van der Waals surface area (Å²) in [5.41, 5.74) is 1.35. The molecule has 0 amide bonds. The first kappa shape index (κ1) is 15.5. The molecule has 0 radical (unpaired) electrons. The average Bonchev–Trinajstić information content (AvgIpc) is 2.99. The van der Waals surface area contributed by atoms with Crippen LogP contribution in [-0.2, 0) is 4.79 Å². The van der Waals surface area contributed by atoms with Crippen LogP contribution in [0.25, 0.3) is 0 Å². The first-order valence-corrected chi connectivity index (χ1v) is 8.40. The van der Waals surface area contributed by atoms with Crippen molar-refractivity contribution < 1.29 is 4.79 Å². The number of pyridine rings is 1. The number of Topliss-reactive ketones (excluding diaryl/α,β-unsaturated/α-hetero) is 1. The fraction of sp³-hybridized carbons (Fsp3) is 0.667. The number of hydrogen-bond acceptors (Lipinski definition) is 4. The summed E-state index contributed by atoms with van der Waals surface area (Å²) in [6, 6.07) is 4.19. The average molecular weight is 301 g/mol. The maximum absolute atomic E-state index is 12.7. The summed E-state index contributed by atoms with van der Waals surface area (Å²) in [6.45, 7) is 11.8. The molecule has 4 nitrogen and oxygen atoms in total. The number of anilines is 1. The van der Waals surface area contributed by atoms with Crippen LogP contribution >= 0.6 is 0 Å². The molecule has 0 bridgehead atoms. The highest BCUT2D eigenvalue weighted by molar-refractivity contribution is 5.85. The Morgan fingerprint density at radius 2 is 2.09 bits per heavy atom. The Hall–Kier alpha value is -1.42. The molecule has 0 saturated carbocycles. The summed E-state index contributed by atoms with van der Waals surface area (Å²) in [5.74, 6) is 2.00. The Morgan fingerprint density at radius 3 is 2.68 bits per heavy atom. The molecular formula is C18H27N3O. The number of aromatic nitrogens is 1. The Balaban J connectivity index is 2.11. The lowest BCUT2D eigenvalue weighted by Gasteiger charge is -2.36. The summed E-state index contributed by atoms with van der Waals surface area (Å²) < 4.78 is 0. The van der Waals surface area contributed by atoms with Gasteiger partial charge in [-0.05, 0) is 23.9 Å². The fourth-order valence-electron chi connectivity index (χ4n) is 4.46. The number of likely N-dealkylation sites (N-methyl/N-ethyl adjacent to an activating group) is 1. The summed E-state index contributed by atoms with van der Waals surface area (Å²) in [6.07, 6.45) is 2.64. The van der Waals surface area contributed by atoms with E-state index in [1.807, 2.05) is 19.2 Å². The zero-order valence-electron chi connectivity index (χ0n) is 14.3. The van der Waals surface area contributed by atoms with Gasteiger partial charge < -0.3 is 5.32 Å². The van der Waals surface area contributed by atoms with Crippen molar-refractivity contribution in [2.24, 2.45) is 11.3 Å². The predicted octanol–water partition coefficient (Wildman–Crippen LogP) is 3.26. The molecule has 2 aliphatic heterocycles. The van der Waals surface area contributed by atoms with Crippen LogP contribution in [0.3, 0.4) is 0 Å². The van der Waals surface area contributed by atoms with E-state index >= 15 is 0 Å². The lowest BCUT2D eigenvalue weighted by atomic mass is 9.68. The van der Waals surface area contributed by atoms with Crippen LogP contribution in [0.4, 0.5) is 5.82 Å². The lowest BCUT2D eigenvalue weighted by Crippen LogP contribution is -2.46. The van der Waals surface area contributed by atoms with Gasteiger partial charge in [0.05, 0.1) is 12.2 Å². The highest BCUT2D eigenvalue weighted by atomic mass is 16.1. The number of ketones is 1. The molecule has 3 heterocycles. The van der Waals surface area contributed by atoms with Gasteiger partial charge in [-0.3, -0.25) is 9.69 Å². The number of nitrogens with zero attached hydrogens (tertiary/aromatic N) is 2. The summed E-state index contributed by atoms with van der Waals surface area (Å²) >= 11 is 0. The number of carbonyl (C=O) groups excluding carboxylic acids is 1. The summed E-state index contributed by atoms with van der Waals surface area (Å²) in [7, 11) is 0. The number of nitrogens with one attached hydrogen (secondary N) is 1. The van der Waals surface area contributed by atoms with Crippen molar-refractivity contribution >= 4 is 11.6 Å². The van der Waals surface area contributed by atoms with Crippen molar-refractivity contribution in [3.63, 3.8) is 0 Å². The van der Waals surface area contributed by atoms with Crippen molar-refractivity contribution in [2.45, 2.75) is 59.2 Å². The molecule has 4 unspecified atom stereocenters. The van der Waals surface area contributed by atoms with Gasteiger partial charge >= 0.3 is 0 Å². The monoisotopic (exact) mass is 301 g/mol. The minimum absolute atomic E-state index is 0.00542. The molecule has 1 aromatic rings. The second kappa shape index (κ2) is 5.34. The topological polar surface area (TPSA) is 45.2 Å². The Bertz CT molecular complexity index is 578. The van der Waals surface area contributed by atoms with Crippen molar-refractivity contribution in [3.8, 4) is 0 Å². The molecule has 1 saturated heterocycles. The number of carbonyl (C=O) groups is 1. The van der Waals surface area contributed by atoms with E-state index in [1.165, 1.54) is 5.56 Å². The van der Waals surface area contributed by atoms with E-state index in [4.69, 9.17) is 0 Å². The van der Waals surface area contributed by atoms with Crippen molar-refractivity contribution in [1.29, 1.82) is 0 Å². The van der Waals surface area contributed by atoms with Crippen LogP contribution in [0, 0.1) is 11.3 Å². The Labute approximate surface area is 133 Å². The molecule has 0 spiro atoms. The third kappa shape index (κ3) is 2.16. The standard InChI is InChI=1S/C18H27N3O/c1-6-12(22)15-14(18(3,4)5)13-11-9-8-10-19-16(11)20-17(13)21(15)7-2/h8-10,13-15,17H,6-7H2,1-5H3,(H,19,20). The van der Waals surface area contributed by atoms with E-state index in [-0.39, 0.29) is 17.6 Å². The molecule has 120 valence electrons. The van der Waals surface area contributed by atoms with Gasteiger partial charge in [0, 0.05) is 24.1 Å². The van der Waals surface area contributed by atoms with E-state index < -0.39 is 0 Å². The maximum Gasteiger partial charge on any atom is 0.150 e. The largest absolute Gasteiger partial charge is 0.354 e. The van der Waals surface area contributed by atoms with Gasteiger partial charge in [0.25, 0.3) is 0 Å². The van der Waals surface area contributed by atoms with E-state index in [2.05, 4.69) is 49.0 Å². The minimum Gasteiger partial charge on any atom is -0.354 e. The van der Waals surface area contributed by atoms with Gasteiger partial charge in [-0.1, -0.05) is 40.7 Å².